The lowest BCUT2D eigenvalue weighted by Gasteiger charge is -2.33. The molecular formula is C26H30N4O3. The zero-order valence-corrected chi connectivity index (χ0v) is 19.0. The molecule has 2 heterocycles. The number of fused-ring (bicyclic) bond motifs is 1. The van der Waals surface area contributed by atoms with Gasteiger partial charge < -0.3 is 14.8 Å². The van der Waals surface area contributed by atoms with Gasteiger partial charge in [0.25, 0.3) is 0 Å². The minimum atomic E-state index is -0.341. The molecular weight excluding hydrogens is 416 g/mol. The average Bonchev–Trinajstić information content (AvgIpc) is 3.50. The summed E-state index contributed by atoms with van der Waals surface area (Å²) in [7, 11) is 1.96. The summed E-state index contributed by atoms with van der Waals surface area (Å²) in [6.07, 6.45) is 7.94. The molecule has 7 heteroatoms. The Morgan fingerprint density at radius 2 is 1.85 bits per heavy atom. The number of aromatic nitrogens is 2. The first kappa shape index (κ1) is 21.5. The van der Waals surface area contributed by atoms with Gasteiger partial charge in [-0.25, -0.2) is 4.68 Å². The van der Waals surface area contributed by atoms with E-state index in [9.17, 15) is 4.79 Å². The van der Waals surface area contributed by atoms with Gasteiger partial charge in [-0.05, 0) is 49.7 Å². The van der Waals surface area contributed by atoms with Crippen molar-refractivity contribution < 1.29 is 14.3 Å². The first-order valence-electron chi connectivity index (χ1n) is 11.6. The van der Waals surface area contributed by atoms with Crippen LogP contribution in [0.25, 0.3) is 5.69 Å². The molecule has 1 N–H and O–H groups in total. The van der Waals surface area contributed by atoms with Crippen LogP contribution in [0, 0.1) is 0 Å². The standard InChI is InChI=1S/C26H30N4O3/c1-29(17-20-16-27-30(18-20)22-7-3-2-4-8-22)19-25(31)28-26(11-5-6-12-26)21-9-10-23-24(15-21)33-14-13-32-23/h2-4,7-10,15-16,18H,5-6,11-14,17,19H2,1H3,(H,28,31). The summed E-state index contributed by atoms with van der Waals surface area (Å²) in [6, 6.07) is 16.1. The van der Waals surface area contributed by atoms with Crippen molar-refractivity contribution in [3.05, 3.63) is 72.1 Å². The number of carbonyl (C=O) groups is 1. The maximum atomic E-state index is 13.1. The van der Waals surface area contributed by atoms with Crippen molar-refractivity contribution in [2.24, 2.45) is 0 Å². The highest BCUT2D eigenvalue weighted by atomic mass is 16.6. The Morgan fingerprint density at radius 3 is 2.64 bits per heavy atom. The van der Waals surface area contributed by atoms with Gasteiger partial charge >= 0.3 is 0 Å². The molecule has 2 aromatic carbocycles. The maximum Gasteiger partial charge on any atom is 0.234 e. The molecule has 1 fully saturated rings. The third-order valence-corrected chi connectivity index (χ3v) is 6.45. The average molecular weight is 447 g/mol. The molecule has 0 radical (unpaired) electrons. The monoisotopic (exact) mass is 446 g/mol. The molecule has 0 bridgehead atoms. The van der Waals surface area contributed by atoms with Gasteiger partial charge in [-0.3, -0.25) is 9.69 Å². The van der Waals surface area contributed by atoms with Crippen LogP contribution in [0.3, 0.4) is 0 Å². The van der Waals surface area contributed by atoms with Gasteiger partial charge in [-0.2, -0.15) is 5.10 Å². The highest BCUT2D eigenvalue weighted by Crippen LogP contribution is 2.42. The molecule has 0 spiro atoms. The highest BCUT2D eigenvalue weighted by molar-refractivity contribution is 5.79. The largest absolute Gasteiger partial charge is 0.486 e. The summed E-state index contributed by atoms with van der Waals surface area (Å²) in [6.45, 7) is 2.10. The van der Waals surface area contributed by atoms with Crippen LogP contribution in [-0.2, 0) is 16.9 Å². The zero-order valence-electron chi connectivity index (χ0n) is 19.0. The summed E-state index contributed by atoms with van der Waals surface area (Å²) >= 11 is 0. The predicted molar refractivity (Wildman–Crippen MR) is 126 cm³/mol. The smallest absolute Gasteiger partial charge is 0.234 e. The lowest BCUT2D eigenvalue weighted by atomic mass is 9.87. The fourth-order valence-corrected chi connectivity index (χ4v) is 4.89. The summed E-state index contributed by atoms with van der Waals surface area (Å²) in [5.41, 5.74) is 2.85. The number of likely N-dealkylation sites (N-methyl/N-ethyl adjacent to an activating group) is 1. The van der Waals surface area contributed by atoms with Crippen molar-refractivity contribution in [1.82, 2.24) is 20.0 Å². The first-order chi connectivity index (χ1) is 16.1. The third kappa shape index (κ3) is 4.73. The number of benzene rings is 2. The van der Waals surface area contributed by atoms with Crippen LogP contribution in [-0.4, -0.2) is 47.4 Å². The Bertz CT molecular complexity index is 1110. The van der Waals surface area contributed by atoms with Crippen molar-refractivity contribution in [2.45, 2.75) is 37.8 Å². The van der Waals surface area contributed by atoms with Crippen LogP contribution in [0.1, 0.15) is 36.8 Å². The summed E-state index contributed by atoms with van der Waals surface area (Å²) in [4.78, 5) is 15.1. The molecule has 0 saturated heterocycles. The minimum absolute atomic E-state index is 0.0322. The van der Waals surface area contributed by atoms with Gasteiger partial charge in [0.05, 0.1) is 24.0 Å². The van der Waals surface area contributed by atoms with E-state index >= 15 is 0 Å². The molecule has 33 heavy (non-hydrogen) atoms. The van der Waals surface area contributed by atoms with E-state index in [1.165, 1.54) is 0 Å². The van der Waals surface area contributed by atoms with E-state index in [-0.39, 0.29) is 11.4 Å². The lowest BCUT2D eigenvalue weighted by Crippen LogP contribution is -2.47. The van der Waals surface area contributed by atoms with Gasteiger partial charge in [0.15, 0.2) is 11.5 Å². The summed E-state index contributed by atoms with van der Waals surface area (Å²) in [5, 5.41) is 7.82. The van der Waals surface area contributed by atoms with E-state index in [2.05, 4.69) is 16.5 Å². The van der Waals surface area contributed by atoms with Crippen LogP contribution < -0.4 is 14.8 Å². The molecule has 1 aliphatic carbocycles. The third-order valence-electron chi connectivity index (χ3n) is 6.45. The van der Waals surface area contributed by atoms with Crippen LogP contribution in [0.4, 0.5) is 0 Å². The van der Waals surface area contributed by atoms with E-state index in [0.29, 0.717) is 26.3 Å². The normalized spacial score (nSPS) is 16.7. The maximum absolute atomic E-state index is 13.1. The van der Waals surface area contributed by atoms with E-state index in [4.69, 9.17) is 9.47 Å². The second-order valence-electron chi connectivity index (χ2n) is 9.00. The van der Waals surface area contributed by atoms with Gasteiger partial charge in [0.1, 0.15) is 13.2 Å². The number of nitrogens with one attached hydrogen (secondary N) is 1. The Balaban J connectivity index is 1.23. The van der Waals surface area contributed by atoms with Gasteiger partial charge in [0, 0.05) is 18.3 Å². The summed E-state index contributed by atoms with van der Waals surface area (Å²) < 4.78 is 13.3. The SMILES string of the molecule is CN(CC(=O)NC1(c2ccc3c(c2)OCCO3)CCCC1)Cc1cnn(-c2ccccc2)c1. The molecule has 7 nitrogen and oxygen atoms in total. The second kappa shape index (κ2) is 9.27. The van der Waals surface area contributed by atoms with Crippen LogP contribution in [0.5, 0.6) is 11.5 Å². The quantitative estimate of drug-likeness (QED) is 0.600. The van der Waals surface area contributed by atoms with E-state index in [0.717, 1.165) is 54.0 Å². The van der Waals surface area contributed by atoms with Gasteiger partial charge in [-0.1, -0.05) is 37.1 Å². The molecule has 172 valence electrons. The minimum Gasteiger partial charge on any atom is -0.486 e. The molecule has 1 saturated carbocycles. The number of hydrogen-bond acceptors (Lipinski definition) is 5. The van der Waals surface area contributed by atoms with Crippen molar-refractivity contribution in [1.29, 1.82) is 0 Å². The predicted octanol–water partition coefficient (Wildman–Crippen LogP) is 3.66. The number of amides is 1. The summed E-state index contributed by atoms with van der Waals surface area (Å²) in [5.74, 6) is 1.58. The lowest BCUT2D eigenvalue weighted by molar-refractivity contribution is -0.124. The first-order valence-corrected chi connectivity index (χ1v) is 11.6. The van der Waals surface area contributed by atoms with Crippen molar-refractivity contribution >= 4 is 5.91 Å². The molecule has 0 unspecified atom stereocenters. The van der Waals surface area contributed by atoms with Gasteiger partial charge in [0.2, 0.25) is 5.91 Å². The second-order valence-corrected chi connectivity index (χ2v) is 9.00. The Labute approximate surface area is 194 Å². The van der Waals surface area contributed by atoms with Crippen molar-refractivity contribution in [3.8, 4) is 17.2 Å². The fraction of sp³-hybridized carbons (Fsp3) is 0.385. The van der Waals surface area contributed by atoms with Crippen LogP contribution in [0.2, 0.25) is 0 Å². The van der Waals surface area contributed by atoms with E-state index in [1.54, 1.807) is 0 Å². The zero-order chi connectivity index (χ0) is 22.7. The number of rotatable bonds is 7. The fourth-order valence-electron chi connectivity index (χ4n) is 4.89. The Hall–Kier alpha value is -3.32. The molecule has 3 aromatic rings. The topological polar surface area (TPSA) is 68.6 Å². The van der Waals surface area contributed by atoms with Crippen molar-refractivity contribution in [3.63, 3.8) is 0 Å². The number of ether oxygens (including phenoxy) is 2. The van der Waals surface area contributed by atoms with Gasteiger partial charge in [-0.15, -0.1) is 0 Å². The number of nitrogens with zero attached hydrogens (tertiary/aromatic N) is 3. The molecule has 1 aliphatic heterocycles. The van der Waals surface area contributed by atoms with Crippen molar-refractivity contribution in [2.75, 3.05) is 26.8 Å². The van der Waals surface area contributed by atoms with Crippen LogP contribution >= 0.6 is 0 Å². The highest BCUT2D eigenvalue weighted by Gasteiger charge is 2.38. The molecule has 2 aliphatic rings. The molecule has 0 atom stereocenters. The van der Waals surface area contributed by atoms with E-state index in [1.807, 2.05) is 71.5 Å². The number of carbonyl (C=O) groups excluding carboxylic acids is 1. The molecule has 1 amide bonds. The Kier molecular flexibility index (Phi) is 6.05. The number of hydrogen-bond donors (Lipinski definition) is 1. The number of para-hydroxylation sites is 1. The molecule has 5 rings (SSSR count). The Morgan fingerprint density at radius 1 is 1.09 bits per heavy atom. The van der Waals surface area contributed by atoms with E-state index < -0.39 is 0 Å². The van der Waals surface area contributed by atoms with Crippen LogP contribution in [0.15, 0.2) is 60.9 Å². The molecule has 1 aromatic heterocycles.